The maximum Gasteiger partial charge on any atom is 0.175 e. The fourth-order valence-corrected chi connectivity index (χ4v) is 2.61. The van der Waals surface area contributed by atoms with Crippen LogP contribution in [0.15, 0.2) is 16.6 Å². The summed E-state index contributed by atoms with van der Waals surface area (Å²) in [5.74, 6) is 2.68. The van der Waals surface area contributed by atoms with Gasteiger partial charge in [0.2, 0.25) is 0 Å². The number of hydrogen-bond donors (Lipinski definition) is 1. The van der Waals surface area contributed by atoms with Gasteiger partial charge < -0.3 is 14.8 Å². The van der Waals surface area contributed by atoms with E-state index in [1.165, 1.54) is 0 Å². The Kier molecular flexibility index (Phi) is 7.54. The summed E-state index contributed by atoms with van der Waals surface area (Å²) >= 11 is 5.37. The zero-order valence-electron chi connectivity index (χ0n) is 11.1. The summed E-state index contributed by atoms with van der Waals surface area (Å²) in [4.78, 5) is 0. The van der Waals surface area contributed by atoms with Crippen molar-refractivity contribution in [2.45, 2.75) is 13.0 Å². The summed E-state index contributed by atoms with van der Waals surface area (Å²) < 4.78 is 12.1. The highest BCUT2D eigenvalue weighted by molar-refractivity contribution is 9.10. The van der Waals surface area contributed by atoms with Crippen LogP contribution in [0.5, 0.6) is 11.5 Å². The van der Waals surface area contributed by atoms with Gasteiger partial charge in [0, 0.05) is 6.54 Å². The van der Waals surface area contributed by atoms with E-state index in [4.69, 9.17) is 9.47 Å². The van der Waals surface area contributed by atoms with Crippen LogP contribution in [0.2, 0.25) is 0 Å². The zero-order chi connectivity index (χ0) is 13.4. The second kappa shape index (κ2) is 8.67. The van der Waals surface area contributed by atoms with Crippen molar-refractivity contribution >= 4 is 27.7 Å². The van der Waals surface area contributed by atoms with Crippen LogP contribution in [0, 0.1) is 0 Å². The lowest BCUT2D eigenvalue weighted by Crippen LogP contribution is -2.06. The Balaban J connectivity index is 2.76. The molecule has 1 N–H and O–H groups in total. The van der Waals surface area contributed by atoms with E-state index >= 15 is 0 Å². The fourth-order valence-electron chi connectivity index (χ4n) is 1.60. The van der Waals surface area contributed by atoms with Crippen molar-refractivity contribution in [1.82, 2.24) is 5.32 Å². The Bertz CT molecular complexity index is 374. The van der Waals surface area contributed by atoms with Crippen molar-refractivity contribution in [2.24, 2.45) is 0 Å². The molecule has 1 aromatic carbocycles. The van der Waals surface area contributed by atoms with Gasteiger partial charge in [0.1, 0.15) is 0 Å². The summed E-state index contributed by atoms with van der Waals surface area (Å²) in [6.07, 6.45) is 3.14. The molecule has 3 nitrogen and oxygen atoms in total. The molecule has 0 aromatic heterocycles. The van der Waals surface area contributed by atoms with Gasteiger partial charge in [-0.2, -0.15) is 11.8 Å². The van der Waals surface area contributed by atoms with E-state index in [9.17, 15) is 0 Å². The highest BCUT2D eigenvalue weighted by Crippen LogP contribution is 2.36. The second-order valence-electron chi connectivity index (χ2n) is 3.83. The molecule has 0 unspecified atom stereocenters. The van der Waals surface area contributed by atoms with Gasteiger partial charge >= 0.3 is 0 Å². The van der Waals surface area contributed by atoms with E-state index in [0.29, 0.717) is 6.61 Å². The maximum absolute atomic E-state index is 5.79. The Labute approximate surface area is 122 Å². The third-order valence-electron chi connectivity index (χ3n) is 2.41. The zero-order valence-corrected chi connectivity index (χ0v) is 13.5. The van der Waals surface area contributed by atoms with Gasteiger partial charge in [0.15, 0.2) is 11.5 Å². The van der Waals surface area contributed by atoms with Crippen molar-refractivity contribution in [1.29, 1.82) is 0 Å². The first-order chi connectivity index (χ1) is 8.72. The molecule has 0 aliphatic carbocycles. The lowest BCUT2D eigenvalue weighted by atomic mass is 10.2. The minimum atomic E-state index is 0.709. The van der Waals surface area contributed by atoms with Crippen LogP contribution >= 0.6 is 27.7 Å². The van der Waals surface area contributed by atoms with Crippen LogP contribution in [0.3, 0.4) is 0 Å². The largest absolute Gasteiger partial charge is 0.493 e. The summed E-state index contributed by atoms with van der Waals surface area (Å²) in [6.45, 7) is 1.52. The number of nitrogens with one attached hydrogen (secondary N) is 1. The Morgan fingerprint density at radius 1 is 1.39 bits per heavy atom. The smallest absolute Gasteiger partial charge is 0.175 e. The monoisotopic (exact) mass is 333 g/mol. The summed E-state index contributed by atoms with van der Waals surface area (Å²) in [7, 11) is 3.59. The number of benzene rings is 1. The molecule has 18 heavy (non-hydrogen) atoms. The molecule has 0 spiro atoms. The maximum atomic E-state index is 5.79. The molecule has 5 heteroatoms. The van der Waals surface area contributed by atoms with Crippen LogP contribution in [0.25, 0.3) is 0 Å². The number of methoxy groups -OCH3 is 1. The van der Waals surface area contributed by atoms with E-state index in [2.05, 4.69) is 33.6 Å². The molecule has 102 valence electrons. The SMILES string of the molecule is CNCc1cc(Br)c(OCCCSC)c(OC)c1. The van der Waals surface area contributed by atoms with Crippen molar-refractivity contribution in [2.75, 3.05) is 32.8 Å². The van der Waals surface area contributed by atoms with Gasteiger partial charge in [-0.3, -0.25) is 0 Å². The van der Waals surface area contributed by atoms with Crippen molar-refractivity contribution in [3.8, 4) is 11.5 Å². The minimum absolute atomic E-state index is 0.709. The van der Waals surface area contributed by atoms with Crippen molar-refractivity contribution in [3.63, 3.8) is 0 Å². The highest BCUT2D eigenvalue weighted by atomic mass is 79.9. The molecule has 1 rings (SSSR count). The highest BCUT2D eigenvalue weighted by Gasteiger charge is 2.11. The van der Waals surface area contributed by atoms with E-state index in [-0.39, 0.29) is 0 Å². The quantitative estimate of drug-likeness (QED) is 0.739. The van der Waals surface area contributed by atoms with Gasteiger partial charge in [-0.25, -0.2) is 0 Å². The number of halogens is 1. The Hall–Kier alpha value is -0.390. The molecule has 0 aliphatic heterocycles. The average Bonchev–Trinajstić information content (AvgIpc) is 2.36. The predicted molar refractivity (Wildman–Crippen MR) is 82.0 cm³/mol. The minimum Gasteiger partial charge on any atom is -0.493 e. The van der Waals surface area contributed by atoms with Crippen LogP contribution < -0.4 is 14.8 Å². The lowest BCUT2D eigenvalue weighted by molar-refractivity contribution is 0.293. The normalized spacial score (nSPS) is 10.4. The van der Waals surface area contributed by atoms with E-state index in [1.807, 2.05) is 24.9 Å². The molecule has 0 saturated carbocycles. The summed E-state index contributed by atoms with van der Waals surface area (Å²) in [6, 6.07) is 4.06. The average molecular weight is 334 g/mol. The molecule has 0 heterocycles. The molecule has 0 radical (unpaired) electrons. The van der Waals surface area contributed by atoms with Gasteiger partial charge in [-0.05, 0) is 59.1 Å². The second-order valence-corrected chi connectivity index (χ2v) is 5.67. The van der Waals surface area contributed by atoms with Gasteiger partial charge in [0.05, 0.1) is 18.2 Å². The molecule has 0 fully saturated rings. The van der Waals surface area contributed by atoms with E-state index in [0.717, 1.165) is 40.3 Å². The van der Waals surface area contributed by atoms with Crippen LogP contribution in [0.1, 0.15) is 12.0 Å². The number of hydrogen-bond acceptors (Lipinski definition) is 4. The van der Waals surface area contributed by atoms with E-state index < -0.39 is 0 Å². The Morgan fingerprint density at radius 3 is 2.78 bits per heavy atom. The van der Waals surface area contributed by atoms with Gasteiger partial charge in [-0.15, -0.1) is 0 Å². The first-order valence-corrected chi connectivity index (χ1v) is 8.04. The fraction of sp³-hybridized carbons (Fsp3) is 0.538. The van der Waals surface area contributed by atoms with Crippen LogP contribution in [0.4, 0.5) is 0 Å². The molecule has 0 saturated heterocycles. The van der Waals surface area contributed by atoms with Crippen molar-refractivity contribution in [3.05, 3.63) is 22.2 Å². The first kappa shape index (κ1) is 15.7. The van der Waals surface area contributed by atoms with E-state index in [1.54, 1.807) is 7.11 Å². The third-order valence-corrected chi connectivity index (χ3v) is 3.70. The van der Waals surface area contributed by atoms with Crippen LogP contribution in [-0.2, 0) is 6.54 Å². The van der Waals surface area contributed by atoms with Gasteiger partial charge in [0.25, 0.3) is 0 Å². The number of thioether (sulfide) groups is 1. The third kappa shape index (κ3) is 4.71. The molecule has 0 atom stereocenters. The number of rotatable bonds is 8. The molecule has 1 aromatic rings. The summed E-state index contributed by atoms with van der Waals surface area (Å²) in [5, 5.41) is 3.12. The Morgan fingerprint density at radius 2 is 2.17 bits per heavy atom. The molecule has 0 amide bonds. The van der Waals surface area contributed by atoms with Crippen molar-refractivity contribution < 1.29 is 9.47 Å². The molecule has 0 aliphatic rings. The predicted octanol–water partition coefficient (Wildman–Crippen LogP) is 3.31. The topological polar surface area (TPSA) is 30.5 Å². The summed E-state index contributed by atoms with van der Waals surface area (Å²) in [5.41, 5.74) is 1.16. The number of ether oxygens (including phenoxy) is 2. The van der Waals surface area contributed by atoms with Gasteiger partial charge in [-0.1, -0.05) is 0 Å². The standard InChI is InChI=1S/C13H20BrNO2S/c1-15-9-10-7-11(14)13(12(8-10)16-2)17-5-4-6-18-3/h7-8,15H,4-6,9H2,1-3H3. The molecular formula is C13H20BrNO2S. The molecular weight excluding hydrogens is 314 g/mol. The van der Waals surface area contributed by atoms with Crippen LogP contribution in [-0.4, -0.2) is 32.8 Å². The molecule has 0 bridgehead atoms. The lowest BCUT2D eigenvalue weighted by Gasteiger charge is -2.14. The first-order valence-electron chi connectivity index (χ1n) is 5.85.